The summed E-state index contributed by atoms with van der Waals surface area (Å²) in [5.74, 6) is -1.49. The van der Waals surface area contributed by atoms with Gasteiger partial charge in [0.1, 0.15) is 5.69 Å². The van der Waals surface area contributed by atoms with Crippen LogP contribution in [0.1, 0.15) is 55.5 Å². The number of H-pyrrole nitrogens is 1. The third kappa shape index (κ3) is 2.15. The van der Waals surface area contributed by atoms with Crippen LogP contribution in [-0.2, 0) is 4.84 Å². The van der Waals surface area contributed by atoms with E-state index in [4.69, 9.17) is 4.84 Å². The number of nitrogens with one attached hydrogen (secondary N) is 1. The molecule has 26 heavy (non-hydrogen) atoms. The highest BCUT2D eigenvalue weighted by atomic mass is 16.7. The largest absolute Gasteiger partial charge is 0.380 e. The molecule has 2 amide bonds. The van der Waals surface area contributed by atoms with E-state index >= 15 is 0 Å². The SMILES string of the molecule is O=C(ON1C(=O)c2ccccc2C1=O)c1cc2c(C3CC3)cccc2[nH]1. The molecule has 1 saturated carbocycles. The van der Waals surface area contributed by atoms with Crippen molar-refractivity contribution in [3.63, 3.8) is 0 Å². The minimum absolute atomic E-state index is 0.213. The number of hydroxylamine groups is 2. The van der Waals surface area contributed by atoms with E-state index in [9.17, 15) is 14.4 Å². The molecule has 2 aromatic carbocycles. The molecule has 1 fully saturated rings. The lowest BCUT2D eigenvalue weighted by Gasteiger charge is -2.11. The number of hydrogen-bond acceptors (Lipinski definition) is 4. The third-order valence-corrected chi connectivity index (χ3v) is 4.87. The Morgan fingerprint density at radius 2 is 1.69 bits per heavy atom. The number of amides is 2. The zero-order chi connectivity index (χ0) is 17.8. The van der Waals surface area contributed by atoms with Gasteiger partial charge < -0.3 is 9.82 Å². The summed E-state index contributed by atoms with van der Waals surface area (Å²) in [6.45, 7) is 0. The lowest BCUT2D eigenvalue weighted by Crippen LogP contribution is -2.32. The Balaban J connectivity index is 1.45. The number of imide groups is 1. The van der Waals surface area contributed by atoms with Gasteiger partial charge in [-0.05, 0) is 48.6 Å². The van der Waals surface area contributed by atoms with Gasteiger partial charge in [0.2, 0.25) is 0 Å². The highest BCUT2D eigenvalue weighted by Gasteiger charge is 2.39. The Hall–Kier alpha value is -3.41. The summed E-state index contributed by atoms with van der Waals surface area (Å²) in [7, 11) is 0. The molecule has 0 unspecified atom stereocenters. The fraction of sp³-hybridized carbons (Fsp3) is 0.150. The molecule has 1 N–H and O–H groups in total. The molecule has 6 nitrogen and oxygen atoms in total. The number of aromatic amines is 1. The van der Waals surface area contributed by atoms with Gasteiger partial charge in [0.25, 0.3) is 11.8 Å². The number of hydrogen-bond donors (Lipinski definition) is 1. The van der Waals surface area contributed by atoms with Crippen molar-refractivity contribution < 1.29 is 19.2 Å². The van der Waals surface area contributed by atoms with Gasteiger partial charge in [0.15, 0.2) is 0 Å². The molecule has 1 aromatic heterocycles. The van der Waals surface area contributed by atoms with Gasteiger partial charge in [-0.25, -0.2) is 4.79 Å². The summed E-state index contributed by atoms with van der Waals surface area (Å²) < 4.78 is 0. The Morgan fingerprint density at radius 3 is 2.35 bits per heavy atom. The lowest BCUT2D eigenvalue weighted by molar-refractivity contribution is -0.0587. The van der Waals surface area contributed by atoms with Crippen LogP contribution in [0.3, 0.4) is 0 Å². The molecular formula is C20H14N2O4. The van der Waals surface area contributed by atoms with Gasteiger partial charge in [0.05, 0.1) is 11.1 Å². The van der Waals surface area contributed by atoms with Gasteiger partial charge >= 0.3 is 5.97 Å². The Bertz CT molecular complexity index is 1060. The summed E-state index contributed by atoms with van der Waals surface area (Å²) in [5, 5.41) is 1.50. The second-order valence-electron chi connectivity index (χ2n) is 6.59. The van der Waals surface area contributed by atoms with Gasteiger partial charge in [-0.3, -0.25) is 9.59 Å². The van der Waals surface area contributed by atoms with E-state index in [1.807, 2.05) is 12.1 Å². The maximum Gasteiger partial charge on any atom is 0.380 e. The van der Waals surface area contributed by atoms with E-state index in [1.165, 1.54) is 17.7 Å². The summed E-state index contributed by atoms with van der Waals surface area (Å²) in [6.07, 6.45) is 2.30. The van der Waals surface area contributed by atoms with E-state index in [1.54, 1.807) is 18.2 Å². The number of carbonyl (C=O) groups is 3. The van der Waals surface area contributed by atoms with E-state index in [2.05, 4.69) is 11.1 Å². The van der Waals surface area contributed by atoms with Crippen LogP contribution in [0.4, 0.5) is 0 Å². The normalized spacial score (nSPS) is 16.2. The van der Waals surface area contributed by atoms with Crippen LogP contribution in [0.2, 0.25) is 0 Å². The number of benzene rings is 2. The van der Waals surface area contributed by atoms with E-state index in [0.29, 0.717) is 11.0 Å². The quantitative estimate of drug-likeness (QED) is 0.737. The van der Waals surface area contributed by atoms with Gasteiger partial charge in [-0.2, -0.15) is 0 Å². The number of nitrogens with zero attached hydrogens (tertiary/aromatic N) is 1. The van der Waals surface area contributed by atoms with Crippen LogP contribution in [0, 0.1) is 0 Å². The van der Waals surface area contributed by atoms with Crippen molar-refractivity contribution >= 4 is 28.7 Å². The molecule has 0 spiro atoms. The Labute approximate surface area is 148 Å². The molecule has 0 bridgehead atoms. The van der Waals surface area contributed by atoms with Crippen molar-refractivity contribution in [2.75, 3.05) is 0 Å². The summed E-state index contributed by atoms with van der Waals surface area (Å²) in [6, 6.07) is 14.0. The first-order valence-electron chi connectivity index (χ1n) is 8.45. The monoisotopic (exact) mass is 346 g/mol. The Kier molecular flexibility index (Phi) is 3.03. The predicted octanol–water partition coefficient (Wildman–Crippen LogP) is 3.41. The van der Waals surface area contributed by atoms with Crippen molar-refractivity contribution in [1.29, 1.82) is 0 Å². The van der Waals surface area contributed by atoms with Gasteiger partial charge in [-0.15, -0.1) is 0 Å². The fourth-order valence-electron chi connectivity index (χ4n) is 3.42. The minimum Gasteiger partial charge on any atom is -0.349 e. The van der Waals surface area contributed by atoms with Gasteiger partial charge in [0, 0.05) is 10.9 Å². The molecule has 2 aliphatic rings. The van der Waals surface area contributed by atoms with Crippen molar-refractivity contribution in [1.82, 2.24) is 10.0 Å². The zero-order valence-electron chi connectivity index (χ0n) is 13.7. The lowest BCUT2D eigenvalue weighted by atomic mass is 10.1. The standard InChI is InChI=1S/C20H14N2O4/c23-18-13-4-1-2-5-14(13)19(24)22(18)26-20(25)17-10-15-12(11-8-9-11)6-3-7-16(15)21-17/h1-7,10-11,21H,8-9H2. The molecule has 2 heterocycles. The minimum atomic E-state index is -0.766. The molecule has 128 valence electrons. The van der Waals surface area contributed by atoms with Crippen LogP contribution in [-0.4, -0.2) is 27.8 Å². The highest BCUT2D eigenvalue weighted by molar-refractivity contribution is 6.21. The number of aromatic nitrogens is 1. The van der Waals surface area contributed by atoms with Crippen molar-refractivity contribution in [3.05, 3.63) is 70.9 Å². The van der Waals surface area contributed by atoms with E-state index in [0.717, 1.165) is 23.7 Å². The first-order valence-corrected chi connectivity index (χ1v) is 8.45. The summed E-state index contributed by atoms with van der Waals surface area (Å²) in [5.41, 5.74) is 2.72. The second-order valence-corrected chi connectivity index (χ2v) is 6.59. The molecule has 6 heteroatoms. The number of fused-ring (bicyclic) bond motifs is 2. The summed E-state index contributed by atoms with van der Waals surface area (Å²) in [4.78, 5) is 45.3. The smallest absolute Gasteiger partial charge is 0.349 e. The van der Waals surface area contributed by atoms with Crippen molar-refractivity contribution in [3.8, 4) is 0 Å². The molecular weight excluding hydrogens is 332 g/mol. The maximum absolute atomic E-state index is 12.5. The second kappa shape index (κ2) is 5.29. The van der Waals surface area contributed by atoms with Crippen LogP contribution >= 0.6 is 0 Å². The van der Waals surface area contributed by atoms with Crippen LogP contribution in [0.5, 0.6) is 0 Å². The highest BCUT2D eigenvalue weighted by Crippen LogP contribution is 2.43. The fourth-order valence-corrected chi connectivity index (χ4v) is 3.42. The van der Waals surface area contributed by atoms with Crippen molar-refractivity contribution in [2.24, 2.45) is 0 Å². The average Bonchev–Trinajstić information content (AvgIpc) is 3.36. The summed E-state index contributed by atoms with van der Waals surface area (Å²) >= 11 is 0. The van der Waals surface area contributed by atoms with Crippen LogP contribution in [0.15, 0.2) is 48.5 Å². The molecule has 1 aliphatic carbocycles. The van der Waals surface area contributed by atoms with Crippen molar-refractivity contribution in [2.45, 2.75) is 18.8 Å². The third-order valence-electron chi connectivity index (χ3n) is 4.87. The predicted molar refractivity (Wildman–Crippen MR) is 92.6 cm³/mol. The van der Waals surface area contributed by atoms with Crippen LogP contribution < -0.4 is 0 Å². The first-order chi connectivity index (χ1) is 12.6. The van der Waals surface area contributed by atoms with E-state index in [-0.39, 0.29) is 16.8 Å². The molecule has 0 saturated heterocycles. The molecule has 0 atom stereocenters. The molecule has 1 aliphatic heterocycles. The van der Waals surface area contributed by atoms with Crippen LogP contribution in [0.25, 0.3) is 10.9 Å². The zero-order valence-corrected chi connectivity index (χ0v) is 13.7. The van der Waals surface area contributed by atoms with E-state index < -0.39 is 17.8 Å². The average molecular weight is 346 g/mol. The topological polar surface area (TPSA) is 79.5 Å². The Morgan fingerprint density at radius 1 is 1.00 bits per heavy atom. The molecule has 3 aromatic rings. The maximum atomic E-state index is 12.5. The molecule has 5 rings (SSSR count). The molecule has 0 radical (unpaired) electrons. The number of rotatable bonds is 3. The number of carbonyl (C=O) groups excluding carboxylic acids is 3. The first kappa shape index (κ1) is 14.9. The van der Waals surface area contributed by atoms with Gasteiger partial charge in [-0.1, -0.05) is 29.3 Å².